The van der Waals surface area contributed by atoms with Crippen LogP contribution >= 0.6 is 11.3 Å². The summed E-state index contributed by atoms with van der Waals surface area (Å²) < 4.78 is 13.6. The fourth-order valence-electron chi connectivity index (χ4n) is 4.45. The molecule has 8 heteroatoms. The number of rotatable bonds is 2. The summed E-state index contributed by atoms with van der Waals surface area (Å²) in [5.41, 5.74) is 4.14. The van der Waals surface area contributed by atoms with E-state index in [9.17, 15) is 4.39 Å². The van der Waals surface area contributed by atoms with Gasteiger partial charge in [0.25, 0.3) is 0 Å². The highest BCUT2D eigenvalue weighted by Gasteiger charge is 2.23. The molecule has 5 heterocycles. The molecule has 1 N–H and O–H groups in total. The molecule has 6 nitrogen and oxygen atoms in total. The molecule has 148 valence electrons. The normalized spacial score (nSPS) is 17.3. The van der Waals surface area contributed by atoms with E-state index in [0.29, 0.717) is 0 Å². The van der Waals surface area contributed by atoms with Crippen LogP contribution in [-0.4, -0.2) is 39.6 Å². The van der Waals surface area contributed by atoms with Crippen LogP contribution in [0.3, 0.4) is 0 Å². The second-order valence-corrected chi connectivity index (χ2v) is 8.80. The molecule has 0 saturated carbocycles. The van der Waals surface area contributed by atoms with E-state index in [4.69, 9.17) is 9.97 Å². The topological polar surface area (TPSA) is 60.9 Å². The number of nitrogens with zero attached hydrogens (tertiary/aromatic N) is 5. The lowest BCUT2D eigenvalue weighted by molar-refractivity contribution is 0.577. The first-order valence-electron chi connectivity index (χ1n) is 10.2. The Bertz CT molecular complexity index is 1210. The predicted octanol–water partition coefficient (Wildman–Crippen LogP) is 4.26. The van der Waals surface area contributed by atoms with E-state index >= 15 is 0 Å². The zero-order valence-corrected chi connectivity index (χ0v) is 16.8. The molecule has 0 radical (unpaired) electrons. The van der Waals surface area contributed by atoms with Crippen LogP contribution in [-0.2, 0) is 13.0 Å². The predicted molar refractivity (Wildman–Crippen MR) is 114 cm³/mol. The Labute approximate surface area is 171 Å². The average Bonchev–Trinajstić information content (AvgIpc) is 3.34. The van der Waals surface area contributed by atoms with E-state index in [0.717, 1.165) is 64.9 Å². The van der Waals surface area contributed by atoms with Crippen molar-refractivity contribution in [2.75, 3.05) is 29.4 Å². The van der Waals surface area contributed by atoms with Crippen molar-refractivity contribution in [1.82, 2.24) is 19.9 Å². The van der Waals surface area contributed by atoms with Crippen LogP contribution in [0.1, 0.15) is 30.5 Å². The van der Waals surface area contributed by atoms with E-state index < -0.39 is 0 Å². The Kier molecular flexibility index (Phi) is 3.94. The molecule has 0 bridgehead atoms. The first-order valence-corrected chi connectivity index (χ1v) is 11.0. The summed E-state index contributed by atoms with van der Waals surface area (Å²) in [7, 11) is 0. The summed E-state index contributed by atoms with van der Waals surface area (Å²) in [6, 6.07) is 4.96. The first kappa shape index (κ1) is 17.1. The van der Waals surface area contributed by atoms with Crippen molar-refractivity contribution >= 4 is 43.7 Å². The number of aromatic nitrogens is 4. The van der Waals surface area contributed by atoms with Gasteiger partial charge >= 0.3 is 0 Å². The van der Waals surface area contributed by atoms with Gasteiger partial charge in [0.1, 0.15) is 11.3 Å². The lowest BCUT2D eigenvalue weighted by Gasteiger charge is -2.27. The molecule has 0 amide bonds. The van der Waals surface area contributed by atoms with Gasteiger partial charge in [-0.15, -0.1) is 0 Å². The van der Waals surface area contributed by atoms with Gasteiger partial charge in [-0.05, 0) is 37.5 Å². The molecule has 29 heavy (non-hydrogen) atoms. The third-order valence-corrected chi connectivity index (χ3v) is 7.00. The molecule has 4 aromatic rings. The van der Waals surface area contributed by atoms with Gasteiger partial charge in [0, 0.05) is 54.8 Å². The molecular formula is C21H21FN6S. The molecule has 2 aliphatic rings. The van der Waals surface area contributed by atoms with E-state index in [1.807, 2.05) is 12.3 Å². The molecule has 0 unspecified atom stereocenters. The summed E-state index contributed by atoms with van der Waals surface area (Å²) in [5, 5.41) is 2.14. The Balaban J connectivity index is 1.32. The molecule has 1 saturated heterocycles. The van der Waals surface area contributed by atoms with Crippen molar-refractivity contribution in [3.8, 4) is 0 Å². The van der Waals surface area contributed by atoms with E-state index in [-0.39, 0.29) is 5.82 Å². The number of thiazole rings is 1. The second kappa shape index (κ2) is 6.66. The molecule has 0 atom stereocenters. The van der Waals surface area contributed by atoms with Crippen LogP contribution in [0, 0.1) is 5.82 Å². The maximum Gasteiger partial charge on any atom is 0.227 e. The van der Waals surface area contributed by atoms with Crippen molar-refractivity contribution in [2.45, 2.75) is 32.2 Å². The minimum absolute atomic E-state index is 0.212. The number of hydrogen-bond acceptors (Lipinski definition) is 6. The van der Waals surface area contributed by atoms with Crippen molar-refractivity contribution < 1.29 is 4.39 Å². The zero-order valence-electron chi connectivity index (χ0n) is 16.0. The Morgan fingerprint density at radius 2 is 1.93 bits per heavy atom. The highest BCUT2D eigenvalue weighted by atomic mass is 32.1. The van der Waals surface area contributed by atoms with Gasteiger partial charge in [-0.2, -0.15) is 4.98 Å². The van der Waals surface area contributed by atoms with Crippen LogP contribution in [0.15, 0.2) is 24.4 Å². The SMILES string of the molecule is Fc1ccc2c3c([nH]c2c1)CCN(c1ncc2nc(N4CCCCC4)sc2n1)C3. The van der Waals surface area contributed by atoms with Crippen molar-refractivity contribution in [2.24, 2.45) is 0 Å². The van der Waals surface area contributed by atoms with Crippen LogP contribution in [0.25, 0.3) is 21.3 Å². The summed E-state index contributed by atoms with van der Waals surface area (Å²) in [4.78, 5) is 23.1. The molecule has 0 aliphatic carbocycles. The number of piperidine rings is 1. The first-order chi connectivity index (χ1) is 14.2. The Morgan fingerprint density at radius 1 is 1.03 bits per heavy atom. The number of hydrogen-bond donors (Lipinski definition) is 1. The molecule has 2 aliphatic heterocycles. The van der Waals surface area contributed by atoms with Crippen molar-refractivity contribution in [1.29, 1.82) is 0 Å². The molecule has 1 fully saturated rings. The third kappa shape index (κ3) is 2.93. The maximum absolute atomic E-state index is 13.6. The van der Waals surface area contributed by atoms with E-state index in [1.54, 1.807) is 17.4 Å². The summed E-state index contributed by atoms with van der Waals surface area (Å²) >= 11 is 1.66. The molecule has 1 aromatic carbocycles. The lowest BCUT2D eigenvalue weighted by Crippen LogP contribution is -2.31. The molecule has 3 aromatic heterocycles. The van der Waals surface area contributed by atoms with Crippen LogP contribution in [0.5, 0.6) is 0 Å². The monoisotopic (exact) mass is 408 g/mol. The lowest BCUT2D eigenvalue weighted by atomic mass is 10.0. The van der Waals surface area contributed by atoms with Crippen LogP contribution in [0.4, 0.5) is 15.5 Å². The van der Waals surface area contributed by atoms with Gasteiger partial charge in [0.2, 0.25) is 5.95 Å². The van der Waals surface area contributed by atoms with E-state index in [2.05, 4.69) is 19.8 Å². The highest BCUT2D eigenvalue weighted by Crippen LogP contribution is 2.32. The van der Waals surface area contributed by atoms with Gasteiger partial charge in [-0.25, -0.2) is 14.4 Å². The van der Waals surface area contributed by atoms with Crippen LogP contribution < -0.4 is 9.80 Å². The second-order valence-electron chi connectivity index (χ2n) is 7.85. The number of aromatic amines is 1. The van der Waals surface area contributed by atoms with Gasteiger partial charge < -0.3 is 14.8 Å². The summed E-state index contributed by atoms with van der Waals surface area (Å²) in [6.07, 6.45) is 6.49. The molecule has 0 spiro atoms. The minimum Gasteiger partial charge on any atom is -0.358 e. The largest absolute Gasteiger partial charge is 0.358 e. The van der Waals surface area contributed by atoms with Crippen molar-refractivity contribution in [3.05, 3.63) is 41.5 Å². The summed E-state index contributed by atoms with van der Waals surface area (Å²) in [5.74, 6) is 0.532. The van der Waals surface area contributed by atoms with Gasteiger partial charge in [-0.3, -0.25) is 0 Å². The number of anilines is 2. The number of benzene rings is 1. The standard InChI is InChI=1S/C21H21FN6S/c22-13-4-5-14-15-12-28(9-6-16(15)24-17(14)10-13)20-23-11-18-19(26-20)29-21(25-18)27-7-2-1-3-8-27/h4-5,10-11,24H,1-3,6-9,12H2. The number of H-pyrrole nitrogens is 1. The van der Waals surface area contributed by atoms with Gasteiger partial charge in [0.05, 0.1) is 6.20 Å². The fraction of sp³-hybridized carbons (Fsp3) is 0.381. The highest BCUT2D eigenvalue weighted by molar-refractivity contribution is 7.21. The van der Waals surface area contributed by atoms with Gasteiger partial charge in [-0.1, -0.05) is 11.3 Å². The van der Waals surface area contributed by atoms with Gasteiger partial charge in [0.15, 0.2) is 9.96 Å². The third-order valence-electron chi connectivity index (χ3n) is 5.97. The average molecular weight is 409 g/mol. The van der Waals surface area contributed by atoms with Crippen LogP contribution in [0.2, 0.25) is 0 Å². The fourth-order valence-corrected chi connectivity index (χ4v) is 5.41. The molecule has 6 rings (SSSR count). The maximum atomic E-state index is 13.6. The zero-order chi connectivity index (χ0) is 19.4. The Hall–Kier alpha value is -2.74. The smallest absolute Gasteiger partial charge is 0.227 e. The minimum atomic E-state index is -0.212. The Morgan fingerprint density at radius 3 is 2.83 bits per heavy atom. The quantitative estimate of drug-likeness (QED) is 0.537. The number of fused-ring (bicyclic) bond motifs is 4. The van der Waals surface area contributed by atoms with E-state index in [1.165, 1.54) is 36.6 Å². The number of halogens is 1. The number of nitrogens with one attached hydrogen (secondary N) is 1. The molecular weight excluding hydrogens is 387 g/mol. The van der Waals surface area contributed by atoms with Crippen molar-refractivity contribution in [3.63, 3.8) is 0 Å². The summed E-state index contributed by atoms with van der Waals surface area (Å²) in [6.45, 7) is 3.72.